The van der Waals surface area contributed by atoms with E-state index in [2.05, 4.69) is 36.5 Å². The maximum Gasteiger partial charge on any atom is -0.0241 e. The Balaban J connectivity index is 2.42. The van der Waals surface area contributed by atoms with E-state index in [0.717, 1.165) is 25.7 Å². The minimum Gasteiger partial charge on any atom is -0.0882 e. The van der Waals surface area contributed by atoms with Crippen LogP contribution in [0.5, 0.6) is 0 Å². The Morgan fingerprint density at radius 3 is 2.58 bits per heavy atom. The van der Waals surface area contributed by atoms with Crippen molar-refractivity contribution in [2.45, 2.75) is 25.7 Å². The van der Waals surface area contributed by atoms with Crippen LogP contribution in [0.15, 0.2) is 42.5 Å². The molecule has 0 spiro atoms. The summed E-state index contributed by atoms with van der Waals surface area (Å²) >= 11 is 0. The molecule has 1 radical (unpaired) electrons. The summed E-state index contributed by atoms with van der Waals surface area (Å²) in [7, 11) is 0. The maximum absolute atomic E-state index is 3.21. The number of hydrogen-bond acceptors (Lipinski definition) is 0. The summed E-state index contributed by atoms with van der Waals surface area (Å²) in [4.78, 5) is 0. The van der Waals surface area contributed by atoms with Gasteiger partial charge in [-0.2, -0.15) is 0 Å². The zero-order valence-corrected chi connectivity index (χ0v) is 7.37. The quantitative estimate of drug-likeness (QED) is 0.474. The van der Waals surface area contributed by atoms with Gasteiger partial charge in [0.15, 0.2) is 0 Å². The first-order valence-electron chi connectivity index (χ1n) is 4.53. The predicted molar refractivity (Wildman–Crippen MR) is 53.7 cm³/mol. The number of hydrogen-bond donors (Lipinski definition) is 0. The highest BCUT2D eigenvalue weighted by molar-refractivity contribution is 5.10. The van der Waals surface area contributed by atoms with Crippen molar-refractivity contribution < 1.29 is 0 Å². The van der Waals surface area contributed by atoms with Crippen LogP contribution in [0.3, 0.4) is 0 Å². The van der Waals surface area contributed by atoms with Crippen molar-refractivity contribution in [1.82, 2.24) is 0 Å². The average molecular weight is 159 g/mol. The van der Waals surface area contributed by atoms with E-state index < -0.39 is 0 Å². The number of rotatable bonds is 0. The van der Waals surface area contributed by atoms with Crippen molar-refractivity contribution in [1.29, 1.82) is 0 Å². The van der Waals surface area contributed by atoms with Gasteiger partial charge in [-0.25, -0.2) is 0 Å². The molecule has 1 aliphatic rings. The molecular weight excluding hydrogens is 144 g/mol. The Kier molecular flexibility index (Phi) is 5.02. The number of allylic oxidation sites excluding steroid dienone is 8. The maximum atomic E-state index is 3.21. The van der Waals surface area contributed by atoms with Crippen LogP contribution in [-0.2, 0) is 0 Å². The summed E-state index contributed by atoms with van der Waals surface area (Å²) in [5, 5.41) is 0. The van der Waals surface area contributed by atoms with E-state index >= 15 is 0 Å². The average Bonchev–Trinajstić information content (AvgIpc) is 2.05. The topological polar surface area (TPSA) is 0 Å². The Morgan fingerprint density at radius 1 is 0.750 bits per heavy atom. The first kappa shape index (κ1) is 9.05. The van der Waals surface area contributed by atoms with Crippen LogP contribution in [0.2, 0.25) is 0 Å². The largest absolute Gasteiger partial charge is 0.0882 e. The monoisotopic (exact) mass is 159 g/mol. The second kappa shape index (κ2) is 6.66. The Bertz CT molecular complexity index is 182. The molecule has 0 aromatic heterocycles. The highest BCUT2D eigenvalue weighted by atomic mass is 13.9. The van der Waals surface area contributed by atoms with E-state index in [-0.39, 0.29) is 0 Å². The molecule has 0 saturated carbocycles. The first-order chi connectivity index (χ1) is 6.00. The highest BCUT2D eigenvalue weighted by Gasteiger charge is 1.79. The molecule has 0 fully saturated rings. The van der Waals surface area contributed by atoms with E-state index in [1.165, 1.54) is 0 Å². The first-order valence-corrected chi connectivity index (χ1v) is 4.53. The summed E-state index contributed by atoms with van der Waals surface area (Å²) < 4.78 is 0. The van der Waals surface area contributed by atoms with Gasteiger partial charge in [-0.15, -0.1) is 0 Å². The van der Waals surface area contributed by atoms with Crippen molar-refractivity contribution in [3.8, 4) is 0 Å². The molecular formula is C12H15. The van der Waals surface area contributed by atoms with Crippen LogP contribution in [-0.4, -0.2) is 0 Å². The van der Waals surface area contributed by atoms with E-state index in [9.17, 15) is 0 Å². The zero-order chi connectivity index (χ0) is 8.49. The Labute approximate surface area is 75.0 Å². The van der Waals surface area contributed by atoms with Gasteiger partial charge in [-0.1, -0.05) is 42.5 Å². The minimum absolute atomic E-state index is 1.03. The van der Waals surface area contributed by atoms with Crippen molar-refractivity contribution in [3.05, 3.63) is 48.6 Å². The summed E-state index contributed by atoms with van der Waals surface area (Å²) in [6.07, 6.45) is 22.5. The molecule has 0 amide bonds. The van der Waals surface area contributed by atoms with Crippen molar-refractivity contribution >= 4 is 0 Å². The third-order valence-corrected chi connectivity index (χ3v) is 1.69. The molecule has 1 rings (SSSR count). The molecule has 0 aromatic carbocycles. The fraction of sp³-hybridized carbons (Fsp3) is 0.333. The molecule has 0 heteroatoms. The second-order valence-corrected chi connectivity index (χ2v) is 2.77. The van der Waals surface area contributed by atoms with Crippen LogP contribution in [0, 0.1) is 6.08 Å². The molecule has 0 unspecified atom stereocenters. The highest BCUT2D eigenvalue weighted by Crippen LogP contribution is 1.98. The molecule has 1 aliphatic carbocycles. The lowest BCUT2D eigenvalue weighted by Gasteiger charge is -1.88. The summed E-state index contributed by atoms with van der Waals surface area (Å²) in [5.74, 6) is 0. The van der Waals surface area contributed by atoms with Gasteiger partial charge in [0.1, 0.15) is 0 Å². The molecule has 0 N–H and O–H groups in total. The molecule has 12 heavy (non-hydrogen) atoms. The van der Waals surface area contributed by atoms with Gasteiger partial charge in [-0.3, -0.25) is 0 Å². The summed E-state index contributed by atoms with van der Waals surface area (Å²) in [5.41, 5.74) is 0. The normalized spacial score (nSPS) is 18.7. The smallest absolute Gasteiger partial charge is 0.0241 e. The molecule has 0 aromatic rings. The lowest BCUT2D eigenvalue weighted by atomic mass is 10.2. The lowest BCUT2D eigenvalue weighted by molar-refractivity contribution is 0.991. The minimum atomic E-state index is 1.03. The van der Waals surface area contributed by atoms with Crippen LogP contribution in [0.1, 0.15) is 25.7 Å². The fourth-order valence-electron chi connectivity index (χ4n) is 1.04. The van der Waals surface area contributed by atoms with Gasteiger partial charge >= 0.3 is 0 Å². The van der Waals surface area contributed by atoms with Crippen molar-refractivity contribution in [2.24, 2.45) is 0 Å². The SMILES string of the molecule is [C]1=CC=CC=CCCC=CCC1. The molecule has 0 atom stereocenters. The van der Waals surface area contributed by atoms with Crippen LogP contribution in [0.4, 0.5) is 0 Å². The van der Waals surface area contributed by atoms with Crippen LogP contribution < -0.4 is 0 Å². The second-order valence-electron chi connectivity index (χ2n) is 2.77. The van der Waals surface area contributed by atoms with E-state index in [0.29, 0.717) is 0 Å². The fourth-order valence-corrected chi connectivity index (χ4v) is 1.04. The molecule has 0 nitrogen and oxygen atoms in total. The van der Waals surface area contributed by atoms with Crippen LogP contribution >= 0.6 is 0 Å². The zero-order valence-electron chi connectivity index (χ0n) is 7.37. The lowest BCUT2D eigenvalue weighted by Crippen LogP contribution is -1.69. The van der Waals surface area contributed by atoms with Crippen molar-refractivity contribution in [3.63, 3.8) is 0 Å². The molecule has 0 heterocycles. The third-order valence-electron chi connectivity index (χ3n) is 1.69. The van der Waals surface area contributed by atoms with Crippen molar-refractivity contribution in [2.75, 3.05) is 0 Å². The van der Waals surface area contributed by atoms with E-state index in [4.69, 9.17) is 0 Å². The van der Waals surface area contributed by atoms with Gasteiger partial charge in [-0.05, 0) is 31.8 Å². The van der Waals surface area contributed by atoms with Gasteiger partial charge in [0.05, 0.1) is 0 Å². The molecule has 0 saturated heterocycles. The Hall–Kier alpha value is -1.04. The van der Waals surface area contributed by atoms with Gasteiger partial charge < -0.3 is 0 Å². The Morgan fingerprint density at radius 2 is 1.58 bits per heavy atom. The van der Waals surface area contributed by atoms with Gasteiger partial charge in [0.2, 0.25) is 0 Å². The van der Waals surface area contributed by atoms with Crippen LogP contribution in [0.25, 0.3) is 0 Å². The molecule has 0 bridgehead atoms. The summed E-state index contributed by atoms with van der Waals surface area (Å²) in [6, 6.07) is 0. The third kappa shape index (κ3) is 4.73. The van der Waals surface area contributed by atoms with E-state index in [1.807, 2.05) is 12.2 Å². The van der Waals surface area contributed by atoms with Gasteiger partial charge in [0.25, 0.3) is 0 Å². The van der Waals surface area contributed by atoms with Gasteiger partial charge in [0, 0.05) is 0 Å². The standard InChI is InChI=1S/C12H15/c1-2-4-6-8-10-12-11-9-7-5-3-1/h1-5,10,12H,6,8-9,11H2. The molecule has 0 aliphatic heterocycles. The summed E-state index contributed by atoms with van der Waals surface area (Å²) in [6.45, 7) is 0. The molecule has 63 valence electrons. The van der Waals surface area contributed by atoms with E-state index in [1.54, 1.807) is 0 Å². The predicted octanol–water partition coefficient (Wildman–Crippen LogP) is 3.59.